The molecule has 0 aliphatic rings. The van der Waals surface area contributed by atoms with Crippen LogP contribution in [-0.4, -0.2) is 20.5 Å². The maximum absolute atomic E-state index is 12.2. The summed E-state index contributed by atoms with van der Waals surface area (Å²) in [7, 11) is 0. The molecule has 0 radical (unpaired) electrons. The van der Waals surface area contributed by atoms with Gasteiger partial charge in [0.1, 0.15) is 5.82 Å². The van der Waals surface area contributed by atoms with Crippen molar-refractivity contribution in [2.45, 2.75) is 13.1 Å². The number of hydrogen-bond donors (Lipinski definition) is 2. The Kier molecular flexibility index (Phi) is 7.46. The Morgan fingerprint density at radius 3 is 2.69 bits per heavy atom. The fourth-order valence-electron chi connectivity index (χ4n) is 3.70. The topological polar surface area (TPSA) is 71.3 Å². The number of carbonyl (C=O) groups is 1. The van der Waals surface area contributed by atoms with Crippen LogP contribution in [0.15, 0.2) is 88.9 Å². The highest BCUT2D eigenvalue weighted by Gasteiger charge is 2.13. The standard InChI is InChI=1S/C27H21BrClN5OS/c28-22-17-32-34-25(14-24(33-27(22)34)21-8-1-2-9-23(21)29)30-15-18-5-3-6-19(13-18)16-31-26(35)11-10-20-7-4-12-36-20/h1-14,17,30H,15-16H2,(H,31,35). The molecule has 6 nitrogen and oxygen atoms in total. The zero-order chi connectivity index (χ0) is 24.9. The van der Waals surface area contributed by atoms with Crippen LogP contribution in [0.3, 0.4) is 0 Å². The second-order valence-corrected chi connectivity index (χ2v) is 10.2. The number of thiophene rings is 1. The normalized spacial score (nSPS) is 11.3. The van der Waals surface area contributed by atoms with Gasteiger partial charge in [0.25, 0.3) is 0 Å². The third kappa shape index (κ3) is 5.67. The lowest BCUT2D eigenvalue weighted by atomic mass is 10.1. The van der Waals surface area contributed by atoms with Gasteiger partial charge >= 0.3 is 0 Å². The monoisotopic (exact) mass is 577 g/mol. The molecule has 180 valence electrons. The van der Waals surface area contributed by atoms with E-state index >= 15 is 0 Å². The van der Waals surface area contributed by atoms with Gasteiger partial charge in [0, 0.05) is 40.7 Å². The summed E-state index contributed by atoms with van der Waals surface area (Å²) in [5.74, 6) is 0.667. The number of amides is 1. The molecule has 0 atom stereocenters. The van der Waals surface area contributed by atoms with Crippen molar-refractivity contribution in [2.24, 2.45) is 0 Å². The van der Waals surface area contributed by atoms with Crippen LogP contribution in [0.5, 0.6) is 0 Å². The Bertz CT molecular complexity index is 1550. The van der Waals surface area contributed by atoms with E-state index in [1.807, 2.05) is 72.1 Å². The Labute approximate surface area is 225 Å². The molecule has 0 saturated heterocycles. The second kappa shape index (κ2) is 11.1. The maximum atomic E-state index is 12.2. The van der Waals surface area contributed by atoms with E-state index in [4.69, 9.17) is 16.6 Å². The molecule has 3 heterocycles. The molecule has 2 N–H and O–H groups in total. The highest BCUT2D eigenvalue weighted by atomic mass is 79.9. The molecular formula is C27H21BrClN5OS. The van der Waals surface area contributed by atoms with Crippen LogP contribution in [0.4, 0.5) is 5.82 Å². The van der Waals surface area contributed by atoms with Crippen LogP contribution in [0.1, 0.15) is 16.0 Å². The van der Waals surface area contributed by atoms with Crippen molar-refractivity contribution in [3.8, 4) is 11.3 Å². The quantitative estimate of drug-likeness (QED) is 0.198. The van der Waals surface area contributed by atoms with Crippen LogP contribution in [0, 0.1) is 0 Å². The molecule has 2 aromatic carbocycles. The molecule has 1 amide bonds. The summed E-state index contributed by atoms with van der Waals surface area (Å²) in [5.41, 5.74) is 4.39. The number of halogens is 2. The van der Waals surface area contributed by atoms with Crippen molar-refractivity contribution in [2.75, 3.05) is 5.32 Å². The summed E-state index contributed by atoms with van der Waals surface area (Å²) in [5, 5.41) is 13.5. The number of aromatic nitrogens is 3. The van der Waals surface area contributed by atoms with Crippen molar-refractivity contribution in [3.05, 3.63) is 110 Å². The minimum Gasteiger partial charge on any atom is -0.366 e. The first-order chi connectivity index (χ1) is 17.6. The lowest BCUT2D eigenvalue weighted by molar-refractivity contribution is -0.116. The Balaban J connectivity index is 1.30. The Morgan fingerprint density at radius 2 is 1.89 bits per heavy atom. The van der Waals surface area contributed by atoms with Gasteiger partial charge in [-0.25, -0.2) is 4.98 Å². The first-order valence-electron chi connectivity index (χ1n) is 11.2. The van der Waals surface area contributed by atoms with E-state index in [0.717, 1.165) is 37.6 Å². The second-order valence-electron chi connectivity index (χ2n) is 7.97. The summed E-state index contributed by atoms with van der Waals surface area (Å²) in [6, 6.07) is 21.6. The van der Waals surface area contributed by atoms with Crippen LogP contribution < -0.4 is 10.6 Å². The van der Waals surface area contributed by atoms with Crippen molar-refractivity contribution in [1.82, 2.24) is 19.9 Å². The highest BCUT2D eigenvalue weighted by Crippen LogP contribution is 2.30. The summed E-state index contributed by atoms with van der Waals surface area (Å²) >= 11 is 11.6. The zero-order valence-corrected chi connectivity index (χ0v) is 22.1. The maximum Gasteiger partial charge on any atom is 0.244 e. The van der Waals surface area contributed by atoms with Gasteiger partial charge in [0.2, 0.25) is 5.91 Å². The van der Waals surface area contributed by atoms with Crippen molar-refractivity contribution >= 4 is 62.3 Å². The fraction of sp³-hybridized carbons (Fsp3) is 0.0741. The van der Waals surface area contributed by atoms with Crippen molar-refractivity contribution in [3.63, 3.8) is 0 Å². The largest absolute Gasteiger partial charge is 0.366 e. The molecule has 3 aromatic heterocycles. The van der Waals surface area contributed by atoms with Gasteiger partial charge < -0.3 is 10.6 Å². The summed E-state index contributed by atoms with van der Waals surface area (Å²) in [4.78, 5) is 18.0. The lowest BCUT2D eigenvalue weighted by Gasteiger charge is -2.12. The molecule has 9 heteroatoms. The van der Waals surface area contributed by atoms with Crippen LogP contribution >= 0.6 is 38.9 Å². The highest BCUT2D eigenvalue weighted by molar-refractivity contribution is 9.10. The van der Waals surface area contributed by atoms with Gasteiger partial charge in [-0.1, -0.05) is 60.1 Å². The summed E-state index contributed by atoms with van der Waals surface area (Å²) < 4.78 is 2.55. The third-order valence-electron chi connectivity index (χ3n) is 5.45. The Morgan fingerprint density at radius 1 is 1.06 bits per heavy atom. The molecular weight excluding hydrogens is 558 g/mol. The minimum absolute atomic E-state index is 0.123. The number of benzene rings is 2. The molecule has 0 bridgehead atoms. The Hall–Kier alpha value is -3.46. The number of nitrogens with one attached hydrogen (secondary N) is 2. The predicted molar refractivity (Wildman–Crippen MR) is 150 cm³/mol. The number of rotatable bonds is 8. The van der Waals surface area contributed by atoms with Gasteiger partial charge in [-0.05, 0) is 50.6 Å². The number of anilines is 1. The van der Waals surface area contributed by atoms with Gasteiger partial charge in [0.05, 0.1) is 16.4 Å². The minimum atomic E-state index is -0.123. The average Bonchev–Trinajstić information content (AvgIpc) is 3.55. The molecule has 36 heavy (non-hydrogen) atoms. The van der Waals surface area contributed by atoms with Crippen LogP contribution in [0.2, 0.25) is 5.02 Å². The van der Waals surface area contributed by atoms with Crippen molar-refractivity contribution < 1.29 is 4.79 Å². The molecule has 5 rings (SSSR count). The summed E-state index contributed by atoms with van der Waals surface area (Å²) in [6.07, 6.45) is 5.10. The smallest absolute Gasteiger partial charge is 0.244 e. The summed E-state index contributed by atoms with van der Waals surface area (Å²) in [6.45, 7) is 1.02. The number of fused-ring (bicyclic) bond motifs is 1. The van der Waals surface area contributed by atoms with E-state index < -0.39 is 0 Å². The van der Waals surface area contributed by atoms with Gasteiger partial charge in [0.15, 0.2) is 5.65 Å². The van der Waals surface area contributed by atoms with Crippen LogP contribution in [0.25, 0.3) is 23.0 Å². The third-order valence-corrected chi connectivity index (χ3v) is 7.18. The molecule has 0 aliphatic heterocycles. The van der Waals surface area contributed by atoms with E-state index in [2.05, 4.69) is 37.7 Å². The van der Waals surface area contributed by atoms with E-state index in [0.29, 0.717) is 23.8 Å². The van der Waals surface area contributed by atoms with Gasteiger partial charge in [-0.2, -0.15) is 9.61 Å². The van der Waals surface area contributed by atoms with E-state index in [1.165, 1.54) is 0 Å². The molecule has 0 fully saturated rings. The molecule has 0 unspecified atom stereocenters. The van der Waals surface area contributed by atoms with Gasteiger partial charge in [-0.15, -0.1) is 11.3 Å². The average molecular weight is 579 g/mol. The first-order valence-corrected chi connectivity index (χ1v) is 13.2. The zero-order valence-electron chi connectivity index (χ0n) is 19.0. The number of nitrogens with zero attached hydrogens (tertiary/aromatic N) is 3. The lowest BCUT2D eigenvalue weighted by Crippen LogP contribution is -2.20. The molecule has 0 spiro atoms. The van der Waals surface area contributed by atoms with E-state index in [1.54, 1.807) is 28.1 Å². The number of hydrogen-bond acceptors (Lipinski definition) is 5. The first kappa shape index (κ1) is 24.2. The molecule has 0 aliphatic carbocycles. The van der Waals surface area contributed by atoms with Gasteiger partial charge in [-0.3, -0.25) is 4.79 Å². The fourth-order valence-corrected chi connectivity index (χ4v) is 4.90. The van der Waals surface area contributed by atoms with Crippen LogP contribution in [-0.2, 0) is 17.9 Å². The SMILES string of the molecule is O=C(C=Cc1cccs1)NCc1cccc(CNc2cc(-c3ccccc3Cl)nc3c(Br)cnn23)c1. The number of carbonyl (C=O) groups excluding carboxylic acids is 1. The van der Waals surface area contributed by atoms with Crippen molar-refractivity contribution in [1.29, 1.82) is 0 Å². The predicted octanol–water partition coefficient (Wildman–Crippen LogP) is 6.82. The molecule has 5 aromatic rings. The van der Waals surface area contributed by atoms with E-state index in [9.17, 15) is 4.79 Å². The molecule has 0 saturated carbocycles. The van der Waals surface area contributed by atoms with E-state index in [-0.39, 0.29) is 5.91 Å².